The molecule has 13 heteroatoms. The highest BCUT2D eigenvalue weighted by atomic mass is 32.2. The largest absolute Gasteiger partial charge is 0.454 e. The molecule has 2 saturated heterocycles. The van der Waals surface area contributed by atoms with Crippen LogP contribution in [0.2, 0.25) is 0 Å². The second-order valence-corrected chi connectivity index (χ2v) is 11.6. The van der Waals surface area contributed by atoms with Gasteiger partial charge < -0.3 is 24.4 Å². The van der Waals surface area contributed by atoms with E-state index in [1.165, 1.54) is 16.4 Å². The highest BCUT2D eigenvalue weighted by Crippen LogP contribution is 2.36. The van der Waals surface area contributed by atoms with Gasteiger partial charge in [0.05, 0.1) is 29.8 Å². The molecule has 3 aliphatic heterocycles. The number of benzene rings is 2. The first-order chi connectivity index (χ1) is 19.4. The number of hydrogen-bond acceptors (Lipinski definition) is 9. The van der Waals surface area contributed by atoms with E-state index >= 15 is 0 Å². The number of sulfonamides is 1. The summed E-state index contributed by atoms with van der Waals surface area (Å²) in [4.78, 5) is 24.9. The average molecular weight is 570 g/mol. The van der Waals surface area contributed by atoms with Crippen molar-refractivity contribution in [2.24, 2.45) is 0 Å². The van der Waals surface area contributed by atoms with E-state index in [4.69, 9.17) is 19.2 Å². The molecule has 40 heavy (non-hydrogen) atoms. The van der Waals surface area contributed by atoms with Gasteiger partial charge in [0.2, 0.25) is 28.7 Å². The first kappa shape index (κ1) is 26.4. The van der Waals surface area contributed by atoms with E-state index in [-0.39, 0.29) is 18.2 Å². The van der Waals surface area contributed by atoms with E-state index in [0.717, 1.165) is 12.1 Å². The molecule has 1 amide bonds. The summed E-state index contributed by atoms with van der Waals surface area (Å²) in [6.45, 7) is 2.70. The van der Waals surface area contributed by atoms with Gasteiger partial charge in [-0.3, -0.25) is 4.79 Å². The quantitative estimate of drug-likeness (QED) is 0.456. The van der Waals surface area contributed by atoms with Crippen LogP contribution in [0.5, 0.6) is 11.5 Å². The second-order valence-electron chi connectivity index (χ2n) is 9.66. The van der Waals surface area contributed by atoms with Crippen molar-refractivity contribution < 1.29 is 31.8 Å². The van der Waals surface area contributed by atoms with Gasteiger partial charge in [-0.2, -0.15) is 4.31 Å². The minimum Gasteiger partial charge on any atom is -0.454 e. The van der Waals surface area contributed by atoms with Gasteiger partial charge in [0.25, 0.3) is 0 Å². The molecule has 2 atom stereocenters. The van der Waals surface area contributed by atoms with Crippen molar-refractivity contribution in [3.8, 4) is 11.5 Å². The minimum atomic E-state index is -4.02. The average Bonchev–Trinajstić information content (AvgIpc) is 3.67. The SMILES string of the molecule is O=C(NC(c1ccc2c(c1)OCO2)c1ccnc(N2CCOCC2)n1)[C@@H]1CCCN1S(=O)(=O)c1ccc(F)cc1. The maximum absolute atomic E-state index is 13.8. The maximum Gasteiger partial charge on any atom is 0.243 e. The van der Waals surface area contributed by atoms with Gasteiger partial charge in [-0.15, -0.1) is 0 Å². The van der Waals surface area contributed by atoms with Crippen molar-refractivity contribution in [1.82, 2.24) is 19.6 Å². The van der Waals surface area contributed by atoms with Gasteiger partial charge in [-0.05, 0) is 60.9 Å². The number of amides is 1. The first-order valence-electron chi connectivity index (χ1n) is 13.0. The lowest BCUT2D eigenvalue weighted by Gasteiger charge is -2.28. The van der Waals surface area contributed by atoms with Crippen LogP contribution in [0.15, 0.2) is 59.6 Å². The summed E-state index contributed by atoms with van der Waals surface area (Å²) >= 11 is 0. The Morgan fingerprint density at radius 1 is 1.02 bits per heavy atom. The van der Waals surface area contributed by atoms with Crippen molar-refractivity contribution in [2.45, 2.75) is 29.8 Å². The van der Waals surface area contributed by atoms with Crippen LogP contribution in [0.25, 0.3) is 0 Å². The molecule has 0 saturated carbocycles. The predicted molar refractivity (Wildman–Crippen MR) is 141 cm³/mol. The summed E-state index contributed by atoms with van der Waals surface area (Å²) in [6, 6.07) is 10.0. The Kier molecular flexibility index (Phi) is 7.26. The number of carbonyl (C=O) groups excluding carboxylic acids is 1. The Morgan fingerprint density at radius 3 is 2.60 bits per heavy atom. The fourth-order valence-electron chi connectivity index (χ4n) is 5.13. The molecule has 0 radical (unpaired) electrons. The summed E-state index contributed by atoms with van der Waals surface area (Å²) in [6.07, 6.45) is 2.50. The van der Waals surface area contributed by atoms with E-state index in [9.17, 15) is 17.6 Å². The molecule has 2 fully saturated rings. The van der Waals surface area contributed by atoms with Gasteiger partial charge >= 0.3 is 0 Å². The van der Waals surface area contributed by atoms with Crippen LogP contribution in [0.4, 0.5) is 10.3 Å². The second kappa shape index (κ2) is 11.0. The van der Waals surface area contributed by atoms with E-state index < -0.39 is 33.8 Å². The van der Waals surface area contributed by atoms with Gasteiger partial charge in [0, 0.05) is 25.8 Å². The van der Waals surface area contributed by atoms with Crippen LogP contribution in [0.3, 0.4) is 0 Å². The third kappa shape index (κ3) is 5.19. The van der Waals surface area contributed by atoms with Crippen molar-refractivity contribution in [3.05, 3.63) is 71.8 Å². The summed E-state index contributed by atoms with van der Waals surface area (Å²) in [7, 11) is -4.02. The number of anilines is 1. The predicted octanol–water partition coefficient (Wildman–Crippen LogP) is 2.24. The van der Waals surface area contributed by atoms with Crippen LogP contribution < -0.4 is 19.7 Å². The summed E-state index contributed by atoms with van der Waals surface area (Å²) in [5.41, 5.74) is 1.23. The van der Waals surface area contributed by atoms with Gasteiger partial charge in [0.15, 0.2) is 11.5 Å². The standard InChI is InChI=1S/C27H28FN5O6S/c28-19-4-6-20(7-5-19)40(35,36)33-11-1-2-22(33)26(34)31-25(18-3-8-23-24(16-18)39-17-38-23)21-9-10-29-27(30-21)32-12-14-37-15-13-32/h3-10,16,22,25H,1-2,11-15,17H2,(H,31,34)/t22-,25?/m0/s1. The van der Waals surface area contributed by atoms with E-state index in [1.807, 2.05) is 11.0 Å². The fourth-order valence-corrected chi connectivity index (χ4v) is 6.79. The molecular formula is C27H28FN5O6S. The number of carbonyl (C=O) groups is 1. The van der Waals surface area contributed by atoms with Crippen LogP contribution in [-0.2, 0) is 19.6 Å². The van der Waals surface area contributed by atoms with Crippen LogP contribution in [-0.4, -0.2) is 74.3 Å². The molecule has 3 aliphatic rings. The zero-order valence-electron chi connectivity index (χ0n) is 21.5. The topological polar surface area (TPSA) is 123 Å². The summed E-state index contributed by atoms with van der Waals surface area (Å²) in [5, 5.41) is 3.04. The molecule has 0 aliphatic carbocycles. The molecule has 2 aromatic carbocycles. The smallest absolute Gasteiger partial charge is 0.243 e. The van der Waals surface area contributed by atoms with Crippen molar-refractivity contribution in [2.75, 3.05) is 44.5 Å². The van der Waals surface area contributed by atoms with E-state index in [0.29, 0.717) is 67.8 Å². The molecular weight excluding hydrogens is 541 g/mol. The molecule has 0 bridgehead atoms. The Morgan fingerprint density at radius 2 is 1.80 bits per heavy atom. The monoisotopic (exact) mass is 569 g/mol. The van der Waals surface area contributed by atoms with E-state index in [2.05, 4.69) is 10.3 Å². The third-order valence-electron chi connectivity index (χ3n) is 7.20. The van der Waals surface area contributed by atoms with Crippen LogP contribution >= 0.6 is 0 Å². The lowest BCUT2D eigenvalue weighted by Crippen LogP contribution is -2.47. The first-order valence-corrected chi connectivity index (χ1v) is 14.5. The number of fused-ring (bicyclic) bond motifs is 1. The molecule has 210 valence electrons. The molecule has 11 nitrogen and oxygen atoms in total. The number of halogens is 1. The van der Waals surface area contributed by atoms with Crippen LogP contribution in [0, 0.1) is 5.82 Å². The fraction of sp³-hybridized carbons (Fsp3) is 0.370. The molecule has 4 heterocycles. The number of rotatable bonds is 7. The van der Waals surface area contributed by atoms with E-state index in [1.54, 1.807) is 24.4 Å². The van der Waals surface area contributed by atoms with Gasteiger partial charge in [0.1, 0.15) is 11.9 Å². The third-order valence-corrected chi connectivity index (χ3v) is 9.12. The molecule has 1 unspecified atom stereocenters. The lowest BCUT2D eigenvalue weighted by atomic mass is 10.0. The molecule has 1 aromatic heterocycles. The van der Waals surface area contributed by atoms with Gasteiger partial charge in [-0.1, -0.05) is 6.07 Å². The highest BCUT2D eigenvalue weighted by molar-refractivity contribution is 7.89. The summed E-state index contributed by atoms with van der Waals surface area (Å²) in [5.74, 6) is 0.653. The number of aromatic nitrogens is 2. The minimum absolute atomic E-state index is 0.0631. The zero-order valence-corrected chi connectivity index (χ0v) is 22.3. The number of hydrogen-bond donors (Lipinski definition) is 1. The normalized spacial score (nSPS) is 19.9. The molecule has 6 rings (SSSR count). The van der Waals surface area contributed by atoms with Crippen molar-refractivity contribution in [1.29, 1.82) is 0 Å². The lowest BCUT2D eigenvalue weighted by molar-refractivity contribution is -0.124. The Hall–Kier alpha value is -3.81. The Bertz CT molecular complexity index is 1500. The van der Waals surface area contributed by atoms with Gasteiger partial charge in [-0.25, -0.2) is 22.8 Å². The molecule has 0 spiro atoms. The molecule has 1 N–H and O–H groups in total. The number of ether oxygens (including phenoxy) is 3. The number of morpholine rings is 1. The van der Waals surface area contributed by atoms with Crippen molar-refractivity contribution in [3.63, 3.8) is 0 Å². The maximum atomic E-state index is 13.8. The number of nitrogens with zero attached hydrogens (tertiary/aromatic N) is 4. The highest BCUT2D eigenvalue weighted by Gasteiger charge is 2.40. The zero-order chi connectivity index (χ0) is 27.7. The Labute approximate surface area is 230 Å². The number of nitrogens with one attached hydrogen (secondary N) is 1. The summed E-state index contributed by atoms with van der Waals surface area (Å²) < 4.78 is 57.9. The molecule has 3 aromatic rings. The Balaban J connectivity index is 1.31. The van der Waals surface area contributed by atoms with Crippen molar-refractivity contribution >= 4 is 21.9 Å². The van der Waals surface area contributed by atoms with Crippen LogP contribution in [0.1, 0.15) is 30.1 Å².